The van der Waals surface area contributed by atoms with Gasteiger partial charge in [-0.2, -0.15) is 5.10 Å². The lowest BCUT2D eigenvalue weighted by atomic mass is 9.92. The normalized spacial score (nSPS) is 14.5. The largest absolute Gasteiger partial charge is 0.379 e. The molecule has 5 heteroatoms. The Morgan fingerprint density at radius 3 is 2.72 bits per heavy atom. The summed E-state index contributed by atoms with van der Waals surface area (Å²) in [4.78, 5) is 0. The number of rotatable bonds is 3. The van der Waals surface area contributed by atoms with Gasteiger partial charge < -0.3 is 5.11 Å². The van der Waals surface area contributed by atoms with Crippen LogP contribution in [-0.4, -0.2) is 14.9 Å². The van der Waals surface area contributed by atoms with E-state index in [0.29, 0.717) is 17.3 Å². The van der Waals surface area contributed by atoms with Gasteiger partial charge in [-0.1, -0.05) is 45.7 Å². The van der Waals surface area contributed by atoms with Crippen LogP contribution < -0.4 is 0 Å². The summed E-state index contributed by atoms with van der Waals surface area (Å²) in [6.45, 7) is 4.34. The Morgan fingerprint density at radius 2 is 2.11 bits per heavy atom. The lowest BCUT2D eigenvalue weighted by molar-refractivity contribution is 0.0911. The minimum absolute atomic E-state index is 0.470. The molecule has 0 saturated heterocycles. The van der Waals surface area contributed by atoms with Crippen molar-refractivity contribution in [2.75, 3.05) is 0 Å². The average Bonchev–Trinajstić information content (AvgIpc) is 2.71. The molecule has 1 heterocycles. The number of hydrogen-bond acceptors (Lipinski definition) is 2. The highest BCUT2D eigenvalue weighted by Crippen LogP contribution is 2.37. The Hall–Kier alpha value is -0.840. The molecular weight excluding hydrogens is 316 g/mol. The molecule has 2 aromatic rings. The van der Waals surface area contributed by atoms with Crippen molar-refractivity contribution in [2.24, 2.45) is 0 Å². The molecule has 1 unspecified atom stereocenters. The SMILES string of the molecule is CCn1ncc(Cl)c1C(C)(O)c1ccccc1Br. The van der Waals surface area contributed by atoms with Crippen LogP contribution in [0.2, 0.25) is 5.02 Å². The topological polar surface area (TPSA) is 38.0 Å². The zero-order valence-corrected chi connectivity index (χ0v) is 12.5. The first kappa shape index (κ1) is 13.6. The highest BCUT2D eigenvalue weighted by molar-refractivity contribution is 9.10. The van der Waals surface area contributed by atoms with E-state index in [-0.39, 0.29) is 0 Å². The van der Waals surface area contributed by atoms with Crippen LogP contribution >= 0.6 is 27.5 Å². The van der Waals surface area contributed by atoms with Crippen LogP contribution in [0.1, 0.15) is 25.1 Å². The first-order valence-corrected chi connectivity index (χ1v) is 6.84. The summed E-state index contributed by atoms with van der Waals surface area (Å²) in [6.07, 6.45) is 1.56. The van der Waals surface area contributed by atoms with Crippen molar-refractivity contribution in [2.45, 2.75) is 26.0 Å². The fraction of sp³-hybridized carbons (Fsp3) is 0.308. The third-order valence-corrected chi connectivity index (χ3v) is 3.92. The van der Waals surface area contributed by atoms with Crippen molar-refractivity contribution in [3.63, 3.8) is 0 Å². The number of nitrogens with zero attached hydrogens (tertiary/aromatic N) is 2. The number of hydrogen-bond donors (Lipinski definition) is 1. The molecule has 1 aromatic heterocycles. The lowest BCUT2D eigenvalue weighted by Crippen LogP contribution is -2.27. The van der Waals surface area contributed by atoms with Gasteiger partial charge in [0, 0.05) is 16.6 Å². The first-order valence-electron chi connectivity index (χ1n) is 5.67. The van der Waals surface area contributed by atoms with Crippen molar-refractivity contribution >= 4 is 27.5 Å². The molecule has 0 fully saturated rings. The van der Waals surface area contributed by atoms with Crippen molar-refractivity contribution in [3.05, 3.63) is 51.2 Å². The minimum Gasteiger partial charge on any atom is -0.379 e. The summed E-state index contributed by atoms with van der Waals surface area (Å²) >= 11 is 9.61. The molecule has 0 saturated carbocycles. The Balaban J connectivity index is 2.61. The van der Waals surface area contributed by atoms with Gasteiger partial charge in [0.1, 0.15) is 5.60 Å². The fourth-order valence-electron chi connectivity index (χ4n) is 2.07. The molecule has 0 bridgehead atoms. The quantitative estimate of drug-likeness (QED) is 0.935. The maximum atomic E-state index is 10.8. The molecule has 3 nitrogen and oxygen atoms in total. The maximum absolute atomic E-state index is 10.8. The molecule has 1 aromatic carbocycles. The number of benzene rings is 1. The molecule has 0 aliphatic carbocycles. The van der Waals surface area contributed by atoms with Gasteiger partial charge in [-0.3, -0.25) is 4.68 Å². The van der Waals surface area contributed by atoms with E-state index in [1.54, 1.807) is 17.8 Å². The predicted octanol–water partition coefficient (Wildman–Crippen LogP) is 3.57. The molecule has 1 N–H and O–H groups in total. The van der Waals surface area contributed by atoms with E-state index in [1.807, 2.05) is 31.2 Å². The monoisotopic (exact) mass is 328 g/mol. The van der Waals surface area contributed by atoms with Crippen LogP contribution in [0.4, 0.5) is 0 Å². The van der Waals surface area contributed by atoms with E-state index in [9.17, 15) is 5.11 Å². The van der Waals surface area contributed by atoms with E-state index >= 15 is 0 Å². The molecule has 1 atom stereocenters. The van der Waals surface area contributed by atoms with Crippen LogP contribution in [0.5, 0.6) is 0 Å². The fourth-order valence-corrected chi connectivity index (χ4v) is 3.07. The van der Waals surface area contributed by atoms with Gasteiger partial charge >= 0.3 is 0 Å². The van der Waals surface area contributed by atoms with Crippen LogP contribution in [0, 0.1) is 0 Å². The number of aromatic nitrogens is 2. The van der Waals surface area contributed by atoms with E-state index in [4.69, 9.17) is 11.6 Å². The Kier molecular flexibility index (Phi) is 3.80. The van der Waals surface area contributed by atoms with Crippen LogP contribution in [-0.2, 0) is 12.1 Å². The third-order valence-electron chi connectivity index (χ3n) is 2.95. The summed E-state index contributed by atoms with van der Waals surface area (Å²) in [7, 11) is 0. The summed E-state index contributed by atoms with van der Waals surface area (Å²) < 4.78 is 2.55. The third kappa shape index (κ3) is 2.20. The molecule has 2 rings (SSSR count). The maximum Gasteiger partial charge on any atom is 0.131 e. The zero-order chi connectivity index (χ0) is 13.3. The molecule has 18 heavy (non-hydrogen) atoms. The van der Waals surface area contributed by atoms with Crippen LogP contribution in [0.3, 0.4) is 0 Å². The van der Waals surface area contributed by atoms with Crippen molar-refractivity contribution in [3.8, 4) is 0 Å². The molecule has 0 amide bonds. The second-order valence-corrected chi connectivity index (χ2v) is 5.47. The predicted molar refractivity (Wildman–Crippen MR) is 75.7 cm³/mol. The van der Waals surface area contributed by atoms with E-state index in [0.717, 1.165) is 10.0 Å². The van der Waals surface area contributed by atoms with E-state index in [1.165, 1.54) is 0 Å². The summed E-state index contributed by atoms with van der Waals surface area (Å²) in [5, 5.41) is 15.5. The van der Waals surface area contributed by atoms with E-state index < -0.39 is 5.60 Å². The smallest absolute Gasteiger partial charge is 0.131 e. The summed E-state index contributed by atoms with van der Waals surface area (Å²) in [6, 6.07) is 7.55. The second kappa shape index (κ2) is 5.03. The molecule has 0 spiro atoms. The average molecular weight is 330 g/mol. The molecule has 96 valence electrons. The van der Waals surface area contributed by atoms with Gasteiger partial charge in [0.2, 0.25) is 0 Å². The summed E-state index contributed by atoms with van der Waals surface area (Å²) in [5.74, 6) is 0. The molecule has 0 aliphatic rings. The van der Waals surface area contributed by atoms with Gasteiger partial charge in [-0.15, -0.1) is 0 Å². The molecule has 0 aliphatic heterocycles. The van der Waals surface area contributed by atoms with Crippen molar-refractivity contribution in [1.29, 1.82) is 0 Å². The zero-order valence-electron chi connectivity index (χ0n) is 10.2. The van der Waals surface area contributed by atoms with Gasteiger partial charge in [0.25, 0.3) is 0 Å². The van der Waals surface area contributed by atoms with Gasteiger partial charge in [0.05, 0.1) is 16.9 Å². The number of halogens is 2. The Bertz CT molecular complexity index is 566. The van der Waals surface area contributed by atoms with Gasteiger partial charge in [-0.05, 0) is 19.9 Å². The summed E-state index contributed by atoms with van der Waals surface area (Å²) in [5.41, 5.74) is 0.185. The van der Waals surface area contributed by atoms with Crippen molar-refractivity contribution in [1.82, 2.24) is 9.78 Å². The van der Waals surface area contributed by atoms with Crippen LogP contribution in [0.25, 0.3) is 0 Å². The lowest BCUT2D eigenvalue weighted by Gasteiger charge is -2.26. The Morgan fingerprint density at radius 1 is 1.44 bits per heavy atom. The highest BCUT2D eigenvalue weighted by atomic mass is 79.9. The van der Waals surface area contributed by atoms with Crippen molar-refractivity contribution < 1.29 is 5.11 Å². The number of aliphatic hydroxyl groups is 1. The van der Waals surface area contributed by atoms with Gasteiger partial charge in [-0.25, -0.2) is 0 Å². The molecule has 0 radical (unpaired) electrons. The Labute approximate surface area is 120 Å². The first-order chi connectivity index (χ1) is 8.48. The van der Waals surface area contributed by atoms with Crippen LogP contribution in [0.15, 0.2) is 34.9 Å². The standard InChI is InChI=1S/C13H14BrClN2O/c1-3-17-12(11(15)8-16-17)13(2,18)9-6-4-5-7-10(9)14/h4-8,18H,3H2,1-2H3. The second-order valence-electron chi connectivity index (χ2n) is 4.21. The number of aryl methyl sites for hydroxylation is 1. The van der Waals surface area contributed by atoms with E-state index in [2.05, 4.69) is 21.0 Å². The van der Waals surface area contributed by atoms with Gasteiger partial charge in [0.15, 0.2) is 0 Å². The highest BCUT2D eigenvalue weighted by Gasteiger charge is 2.33. The minimum atomic E-state index is -1.19. The molecular formula is C13H14BrClN2O.